The average Bonchev–Trinajstić information content (AvgIpc) is 1.62. The molecule has 6 N–H and O–H groups in total. The standard InChI is InChI=1S/C93H107F9N18O15/c1-7-60(8-2)76-106-52-62(49-91(94,95)96)78(112-76)109-71(85(122)123)46-57-19-25-65(26-20-57)118-81-69(16-13-32-103-81)70(84(118)121)31-37-130-44-45-135-68(55-133-42-40-131-38-35-116-74-17-14-33-104-82(74)119(89(116)128)66-27-21-58(22-28-66)47-72(86(124)125)110-79-63(50-92(97,98)99)53-107-77(113-79)61(9-3)10-4)56-134-43-41-132-39-36-117-75-18-15-34-105-83(75)120(90(117)129)67-29-23-59(24-30-67)48-73(87(126)127)111-80-64(51-93(100,101)102)54-108-88(114-80)115(11-5)12-6/h13-30,32-34,52-54,60-61,68,70-73H,7-12,31,35-51,55-56H2,1-6H3,(H,122,123)(H,124,125)(H,126,127)(H,106,109,112)(H,107,110,113)(H,108,111,114)/t68?,70?,71-,72-,73-/m0/s1. The molecule has 5 atom stereocenters. The molecule has 33 nitrogen and oxygen atoms in total. The number of nitrogens with zero attached hydrogens (tertiary/aromatic N) is 15. The van der Waals surface area contributed by atoms with E-state index < -0.39 is 97.2 Å². The number of hydrogen-bond donors (Lipinski definition) is 6. The fraction of sp³-hybridized carbons (Fsp3) is 0.452. The third kappa shape index (κ3) is 26.8. The Labute approximate surface area is 769 Å². The molecule has 0 radical (unpaired) electrons. The number of amides is 1. The molecule has 1 aliphatic heterocycles. The summed E-state index contributed by atoms with van der Waals surface area (Å²) >= 11 is 0. The van der Waals surface area contributed by atoms with Crippen LogP contribution in [0.3, 0.4) is 0 Å². The number of carboxylic acids is 3. The van der Waals surface area contributed by atoms with Gasteiger partial charge in [0.15, 0.2) is 11.3 Å². The van der Waals surface area contributed by atoms with Gasteiger partial charge in [0.1, 0.15) is 59.1 Å². The number of ether oxygens (including phenoxy) is 6. The molecule has 0 aliphatic carbocycles. The largest absolute Gasteiger partial charge is 0.480 e. The minimum atomic E-state index is -4.64. The number of pyridine rings is 3. The fourth-order valence-corrected chi connectivity index (χ4v) is 15.9. The van der Waals surface area contributed by atoms with Crippen molar-refractivity contribution in [2.75, 3.05) is 112 Å². The number of fused-ring (bicyclic) bond motifs is 3. The highest BCUT2D eigenvalue weighted by atomic mass is 19.4. The lowest BCUT2D eigenvalue weighted by atomic mass is 9.99. The van der Waals surface area contributed by atoms with Crippen LogP contribution in [0.2, 0.25) is 0 Å². The molecule has 0 fully saturated rings. The molecule has 3 aromatic carbocycles. The monoisotopic (exact) mass is 1890 g/mol. The van der Waals surface area contributed by atoms with Gasteiger partial charge in [-0.25, -0.2) is 73.0 Å². The molecule has 8 aromatic heterocycles. The predicted molar refractivity (Wildman–Crippen MR) is 482 cm³/mol. The molecule has 0 bridgehead atoms. The normalized spacial score (nSPS) is 14.0. The molecule has 2 unspecified atom stereocenters. The van der Waals surface area contributed by atoms with E-state index in [0.717, 1.165) is 18.6 Å². The van der Waals surface area contributed by atoms with Crippen LogP contribution in [0.25, 0.3) is 33.7 Å². The van der Waals surface area contributed by atoms with Crippen LogP contribution in [0.1, 0.15) is 142 Å². The third-order valence-electron chi connectivity index (χ3n) is 23.0. The summed E-state index contributed by atoms with van der Waals surface area (Å²) in [6.07, 6.45) is -8.73. The number of benzene rings is 3. The van der Waals surface area contributed by atoms with Gasteiger partial charge in [-0.05, 0) is 129 Å². The van der Waals surface area contributed by atoms with Crippen molar-refractivity contribution in [2.24, 2.45) is 0 Å². The molecule has 722 valence electrons. The van der Waals surface area contributed by atoms with Crippen molar-refractivity contribution in [3.05, 3.63) is 218 Å². The van der Waals surface area contributed by atoms with E-state index in [4.69, 9.17) is 28.4 Å². The zero-order valence-electron chi connectivity index (χ0n) is 75.1. The Bertz CT molecular complexity index is 5690. The van der Waals surface area contributed by atoms with E-state index in [1.165, 1.54) is 35.6 Å². The first kappa shape index (κ1) is 101. The number of rotatable bonds is 53. The number of imidazole rings is 2. The molecule has 42 heteroatoms. The number of carbonyl (C=O) groups excluding carboxylic acids is 1. The van der Waals surface area contributed by atoms with E-state index in [2.05, 4.69) is 60.8 Å². The fourth-order valence-electron chi connectivity index (χ4n) is 15.9. The first-order chi connectivity index (χ1) is 64.8. The summed E-state index contributed by atoms with van der Waals surface area (Å²) in [7, 11) is 0. The van der Waals surface area contributed by atoms with Gasteiger partial charge in [-0.15, -0.1) is 0 Å². The van der Waals surface area contributed by atoms with E-state index in [1.807, 2.05) is 41.5 Å². The van der Waals surface area contributed by atoms with Crippen LogP contribution in [-0.4, -0.2) is 231 Å². The second-order valence-electron chi connectivity index (χ2n) is 32.2. The van der Waals surface area contributed by atoms with E-state index in [-0.39, 0.29) is 169 Å². The molecule has 0 spiro atoms. The number of hydrogen-bond acceptors (Lipinski definition) is 25. The zero-order chi connectivity index (χ0) is 96.7. The number of anilines is 6. The molecular weight excluding hydrogens is 1780 g/mol. The van der Waals surface area contributed by atoms with Crippen LogP contribution < -0.4 is 37.1 Å². The summed E-state index contributed by atoms with van der Waals surface area (Å²) in [6, 6.07) is 25.5. The van der Waals surface area contributed by atoms with Gasteiger partial charge in [-0.3, -0.25) is 18.8 Å². The second-order valence-corrected chi connectivity index (χ2v) is 32.2. The Balaban J connectivity index is 0.660. The first-order valence-corrected chi connectivity index (χ1v) is 44.5. The molecule has 11 aromatic rings. The number of halogens is 9. The van der Waals surface area contributed by atoms with Crippen molar-refractivity contribution in [2.45, 2.75) is 186 Å². The maximum Gasteiger partial charge on any atom is 0.393 e. The molecule has 12 rings (SSSR count). The van der Waals surface area contributed by atoms with E-state index in [9.17, 15) is 83.6 Å². The van der Waals surface area contributed by atoms with E-state index in [1.54, 1.807) is 120 Å². The Morgan fingerprint density at radius 3 is 1.23 bits per heavy atom. The quantitative estimate of drug-likeness (QED) is 0.0152. The van der Waals surface area contributed by atoms with Gasteiger partial charge in [0.2, 0.25) is 11.9 Å². The minimum Gasteiger partial charge on any atom is -0.480 e. The van der Waals surface area contributed by atoms with Crippen molar-refractivity contribution >= 4 is 81.1 Å². The molecule has 135 heavy (non-hydrogen) atoms. The summed E-state index contributed by atoms with van der Waals surface area (Å²) in [4.78, 5) is 124. The molecular formula is C93H107F9N18O15. The Morgan fingerprint density at radius 2 is 0.822 bits per heavy atom. The average molecular weight is 1890 g/mol. The van der Waals surface area contributed by atoms with Crippen molar-refractivity contribution in [3.63, 3.8) is 0 Å². The summed E-state index contributed by atoms with van der Waals surface area (Å²) in [5.41, 5.74) is 3.07. The van der Waals surface area contributed by atoms with Gasteiger partial charge in [-0.1, -0.05) is 70.2 Å². The molecule has 1 amide bonds. The molecule has 0 saturated carbocycles. The predicted octanol–water partition coefficient (Wildman–Crippen LogP) is 13.8. The van der Waals surface area contributed by atoms with Crippen LogP contribution in [0.15, 0.2) is 156 Å². The van der Waals surface area contributed by atoms with Gasteiger partial charge in [-0.2, -0.15) is 44.5 Å². The van der Waals surface area contributed by atoms with Crippen molar-refractivity contribution < 1.29 is 102 Å². The van der Waals surface area contributed by atoms with Crippen LogP contribution >= 0.6 is 0 Å². The number of aliphatic carboxylic acids is 3. The maximum atomic E-state index is 14.4. The van der Waals surface area contributed by atoms with E-state index in [0.29, 0.717) is 118 Å². The highest BCUT2D eigenvalue weighted by Gasteiger charge is 2.41. The first-order valence-electron chi connectivity index (χ1n) is 44.5. The summed E-state index contributed by atoms with van der Waals surface area (Å²) in [5.74, 6) is -4.92. The van der Waals surface area contributed by atoms with Gasteiger partial charge >= 0.3 is 47.8 Å². The Hall–Kier alpha value is -12.9. The van der Waals surface area contributed by atoms with Crippen LogP contribution in [0.4, 0.5) is 74.4 Å². The third-order valence-corrected chi connectivity index (χ3v) is 23.0. The number of carbonyl (C=O) groups is 4. The topological polar surface area (TPSA) is 397 Å². The van der Waals surface area contributed by atoms with Gasteiger partial charge in [0, 0.05) is 110 Å². The van der Waals surface area contributed by atoms with E-state index >= 15 is 0 Å². The van der Waals surface area contributed by atoms with Crippen molar-refractivity contribution in [1.82, 2.24) is 63.1 Å². The lowest BCUT2D eigenvalue weighted by Crippen LogP contribution is -2.33. The smallest absolute Gasteiger partial charge is 0.393 e. The molecule has 1 aliphatic rings. The van der Waals surface area contributed by atoms with Crippen LogP contribution in [-0.2, 0) is 99.2 Å². The zero-order valence-corrected chi connectivity index (χ0v) is 75.1. The van der Waals surface area contributed by atoms with Crippen LogP contribution in [0.5, 0.6) is 0 Å². The summed E-state index contributed by atoms with van der Waals surface area (Å²) in [5, 5.41) is 39.2. The van der Waals surface area contributed by atoms with Gasteiger partial charge in [0.05, 0.1) is 132 Å². The highest BCUT2D eigenvalue weighted by Crippen LogP contribution is 2.43. The van der Waals surface area contributed by atoms with Crippen molar-refractivity contribution in [3.8, 4) is 11.4 Å². The van der Waals surface area contributed by atoms with Gasteiger partial charge < -0.3 is 64.6 Å². The van der Waals surface area contributed by atoms with Crippen LogP contribution in [0, 0.1) is 0 Å². The molecule has 0 saturated heterocycles. The Morgan fingerprint density at radius 1 is 0.444 bits per heavy atom. The second kappa shape index (κ2) is 46.8. The minimum absolute atomic E-state index is 0.00294. The number of alkyl halides is 9. The lowest BCUT2D eigenvalue weighted by Gasteiger charge is -2.22. The number of carboxylic acid groups (broad SMARTS) is 3. The Kier molecular flexibility index (Phi) is 35.1. The summed E-state index contributed by atoms with van der Waals surface area (Å²) in [6.45, 7) is 12.9. The maximum absolute atomic E-state index is 14.4. The lowest BCUT2D eigenvalue weighted by molar-refractivity contribution is -0.138. The highest BCUT2D eigenvalue weighted by molar-refractivity contribution is 6.09. The number of aromatic nitrogens is 13. The number of nitrogens with one attached hydrogen (secondary N) is 3. The van der Waals surface area contributed by atoms with Crippen molar-refractivity contribution in [1.29, 1.82) is 0 Å². The SMILES string of the molecule is CCC(CC)c1ncc(CC(F)(F)F)c(N[C@@H](Cc2ccc(N3C(=O)C(CCOCCOC(COCCOCCn4c(=O)n(-c5ccc(C[C@H](Nc6nc(C(CC)CC)ncc6CC(F)(F)F)C(=O)O)cc5)c5ncccc54)COCCOCCn4c(=O)n(-c5ccc(C[C@H](Nc6nc(N(CC)CC)ncc6CC(F)(F)F)C(=O)O)cc5)c5ncccc54)c4cccnc43)cc2)C(=O)O)n1. The summed E-state index contributed by atoms with van der Waals surface area (Å²) < 4.78 is 166. The molecule has 9 heterocycles. The van der Waals surface area contributed by atoms with Gasteiger partial charge in [0.25, 0.3) is 0 Å².